The molecule has 0 aromatic rings. The molecule has 0 saturated carbocycles. The van der Waals surface area contributed by atoms with E-state index < -0.39 is 12.7 Å². The predicted molar refractivity (Wildman–Crippen MR) is 84.0 cm³/mol. The Morgan fingerprint density at radius 2 is 2.18 bits per heavy atom. The Kier molecular flexibility index (Phi) is 8.30. The summed E-state index contributed by atoms with van der Waals surface area (Å²) in [6, 6.07) is 0. The third kappa shape index (κ3) is 8.26. The van der Waals surface area contributed by atoms with Gasteiger partial charge in [0.1, 0.15) is 0 Å². The van der Waals surface area contributed by atoms with Crippen molar-refractivity contribution in [2.24, 2.45) is 10.9 Å². The van der Waals surface area contributed by atoms with Crippen molar-refractivity contribution in [3.63, 3.8) is 0 Å². The fourth-order valence-corrected chi connectivity index (χ4v) is 2.41. The molecular formula is C15H27F3N4. The average Bonchev–Trinajstić information content (AvgIpc) is 2.86. The monoisotopic (exact) mass is 320 g/mol. The highest BCUT2D eigenvalue weighted by atomic mass is 19.4. The number of alkyl halides is 3. The maximum absolute atomic E-state index is 12.4. The molecule has 0 aliphatic carbocycles. The number of likely N-dealkylation sites (tertiary alicyclic amines) is 1. The molecule has 1 rings (SSSR count). The van der Waals surface area contributed by atoms with Crippen LogP contribution in [0.4, 0.5) is 13.2 Å². The van der Waals surface area contributed by atoms with Gasteiger partial charge in [0.2, 0.25) is 0 Å². The van der Waals surface area contributed by atoms with Crippen LogP contribution in [0.2, 0.25) is 0 Å². The molecule has 1 heterocycles. The van der Waals surface area contributed by atoms with Gasteiger partial charge in [-0.2, -0.15) is 13.2 Å². The normalized spacial score (nSPS) is 20.2. The van der Waals surface area contributed by atoms with Crippen LogP contribution in [0.5, 0.6) is 0 Å². The number of nitrogens with one attached hydrogen (secondary N) is 2. The molecule has 7 heteroatoms. The lowest BCUT2D eigenvalue weighted by Gasteiger charge is -2.17. The van der Waals surface area contributed by atoms with Crippen molar-refractivity contribution in [2.75, 3.05) is 39.3 Å². The van der Waals surface area contributed by atoms with Gasteiger partial charge in [-0.05, 0) is 25.3 Å². The molecule has 0 amide bonds. The van der Waals surface area contributed by atoms with E-state index in [0.29, 0.717) is 32.1 Å². The van der Waals surface area contributed by atoms with Crippen molar-refractivity contribution in [1.29, 1.82) is 0 Å². The van der Waals surface area contributed by atoms with Gasteiger partial charge in [-0.15, -0.1) is 6.58 Å². The lowest BCUT2D eigenvalue weighted by molar-refractivity contribution is -0.143. The van der Waals surface area contributed by atoms with Crippen LogP contribution in [-0.2, 0) is 0 Å². The van der Waals surface area contributed by atoms with Crippen LogP contribution < -0.4 is 10.6 Å². The molecule has 0 spiro atoms. The molecule has 1 aliphatic heterocycles. The highest BCUT2D eigenvalue weighted by Crippen LogP contribution is 2.22. The minimum Gasteiger partial charge on any atom is -0.356 e. The fraction of sp³-hybridized carbons (Fsp3) is 0.800. The smallest absolute Gasteiger partial charge is 0.356 e. The Balaban J connectivity index is 2.39. The van der Waals surface area contributed by atoms with Crippen LogP contribution in [-0.4, -0.2) is 56.3 Å². The van der Waals surface area contributed by atoms with E-state index in [1.165, 1.54) is 4.90 Å². The molecule has 1 fully saturated rings. The fourth-order valence-electron chi connectivity index (χ4n) is 2.41. The first-order chi connectivity index (χ1) is 10.4. The van der Waals surface area contributed by atoms with Gasteiger partial charge in [-0.1, -0.05) is 19.4 Å². The quantitative estimate of drug-likeness (QED) is 0.312. The third-order valence-electron chi connectivity index (χ3n) is 3.52. The second-order valence-corrected chi connectivity index (χ2v) is 5.64. The van der Waals surface area contributed by atoms with Gasteiger partial charge < -0.3 is 10.6 Å². The number of rotatable bonds is 8. The highest BCUT2D eigenvalue weighted by molar-refractivity contribution is 5.79. The van der Waals surface area contributed by atoms with Crippen molar-refractivity contribution in [1.82, 2.24) is 15.5 Å². The van der Waals surface area contributed by atoms with Crippen LogP contribution >= 0.6 is 0 Å². The Bertz CT molecular complexity index is 355. The van der Waals surface area contributed by atoms with Crippen LogP contribution in [0.3, 0.4) is 0 Å². The zero-order valence-electron chi connectivity index (χ0n) is 13.3. The summed E-state index contributed by atoms with van der Waals surface area (Å²) in [5.41, 5.74) is 0. The van der Waals surface area contributed by atoms with Gasteiger partial charge >= 0.3 is 6.18 Å². The maximum Gasteiger partial charge on any atom is 0.401 e. The van der Waals surface area contributed by atoms with Gasteiger partial charge in [0.05, 0.1) is 6.54 Å². The zero-order chi connectivity index (χ0) is 16.4. The molecule has 1 unspecified atom stereocenters. The van der Waals surface area contributed by atoms with Gasteiger partial charge in [-0.3, -0.25) is 9.89 Å². The Labute approximate surface area is 130 Å². The first-order valence-corrected chi connectivity index (χ1v) is 7.86. The maximum atomic E-state index is 12.4. The summed E-state index contributed by atoms with van der Waals surface area (Å²) in [4.78, 5) is 5.94. The topological polar surface area (TPSA) is 39.7 Å². The molecule has 1 atom stereocenters. The summed E-state index contributed by atoms with van der Waals surface area (Å²) >= 11 is 0. The van der Waals surface area contributed by atoms with E-state index in [1.54, 1.807) is 6.08 Å². The summed E-state index contributed by atoms with van der Waals surface area (Å²) < 4.78 is 37.1. The van der Waals surface area contributed by atoms with Crippen LogP contribution in [0.1, 0.15) is 26.2 Å². The lowest BCUT2D eigenvalue weighted by Crippen LogP contribution is -2.38. The molecule has 0 bridgehead atoms. The van der Waals surface area contributed by atoms with E-state index in [0.717, 1.165) is 25.8 Å². The standard InChI is InChI=1S/C15H27F3N4/c1-3-5-8-20-14(19-7-4-2)21-10-13-6-9-22(11-13)12-15(16,17)18/h4,13H,2-3,5-12H2,1H3,(H2,19,20,21). The zero-order valence-corrected chi connectivity index (χ0v) is 13.3. The molecule has 1 saturated heterocycles. The number of halogens is 3. The van der Waals surface area contributed by atoms with Crippen molar-refractivity contribution in [3.05, 3.63) is 12.7 Å². The number of nitrogens with zero attached hydrogens (tertiary/aromatic N) is 2. The highest BCUT2D eigenvalue weighted by Gasteiger charge is 2.34. The van der Waals surface area contributed by atoms with E-state index in [1.807, 2.05) is 0 Å². The minimum atomic E-state index is -4.11. The molecule has 22 heavy (non-hydrogen) atoms. The Hall–Kier alpha value is -1.24. The van der Waals surface area contributed by atoms with Crippen molar-refractivity contribution in [2.45, 2.75) is 32.4 Å². The molecule has 1 aliphatic rings. The molecule has 128 valence electrons. The molecule has 2 N–H and O–H groups in total. The first kappa shape index (κ1) is 18.8. The largest absolute Gasteiger partial charge is 0.401 e. The molecular weight excluding hydrogens is 293 g/mol. The summed E-state index contributed by atoms with van der Waals surface area (Å²) in [5.74, 6) is 0.901. The summed E-state index contributed by atoms with van der Waals surface area (Å²) in [6.07, 6.45) is 0.547. The van der Waals surface area contributed by atoms with E-state index >= 15 is 0 Å². The third-order valence-corrected chi connectivity index (χ3v) is 3.52. The predicted octanol–water partition coefficient (Wildman–Crippen LogP) is 2.39. The van der Waals surface area contributed by atoms with E-state index in [4.69, 9.17) is 0 Å². The summed E-state index contributed by atoms with van der Waals surface area (Å²) in [7, 11) is 0. The first-order valence-electron chi connectivity index (χ1n) is 7.86. The lowest BCUT2D eigenvalue weighted by atomic mass is 10.1. The average molecular weight is 320 g/mol. The molecule has 0 aromatic heterocycles. The van der Waals surface area contributed by atoms with Crippen molar-refractivity contribution < 1.29 is 13.2 Å². The Morgan fingerprint density at radius 1 is 1.41 bits per heavy atom. The summed E-state index contributed by atoms with van der Waals surface area (Å²) in [5, 5.41) is 6.36. The summed E-state index contributed by atoms with van der Waals surface area (Å²) in [6.45, 7) is 7.91. The van der Waals surface area contributed by atoms with E-state index in [2.05, 4.69) is 29.1 Å². The van der Waals surface area contributed by atoms with Gasteiger partial charge in [0, 0.05) is 26.2 Å². The van der Waals surface area contributed by atoms with Crippen LogP contribution in [0.15, 0.2) is 17.6 Å². The van der Waals surface area contributed by atoms with Crippen LogP contribution in [0, 0.1) is 5.92 Å². The molecule has 0 radical (unpaired) electrons. The number of aliphatic imine (C=N–C) groups is 1. The van der Waals surface area contributed by atoms with E-state index in [-0.39, 0.29) is 5.92 Å². The second kappa shape index (κ2) is 9.71. The van der Waals surface area contributed by atoms with E-state index in [9.17, 15) is 13.2 Å². The van der Waals surface area contributed by atoms with Crippen molar-refractivity contribution in [3.8, 4) is 0 Å². The molecule has 4 nitrogen and oxygen atoms in total. The minimum absolute atomic E-state index is 0.191. The number of unbranched alkanes of at least 4 members (excludes halogenated alkanes) is 1. The number of hydrogen-bond donors (Lipinski definition) is 2. The SMILES string of the molecule is C=CCNC(=NCC1CCN(CC(F)(F)F)C1)NCCCC. The van der Waals surface area contributed by atoms with Crippen LogP contribution in [0.25, 0.3) is 0 Å². The molecule has 0 aromatic carbocycles. The number of hydrogen-bond acceptors (Lipinski definition) is 2. The number of guanidine groups is 1. The van der Waals surface area contributed by atoms with Gasteiger partial charge in [0.25, 0.3) is 0 Å². The van der Waals surface area contributed by atoms with Gasteiger partial charge in [0.15, 0.2) is 5.96 Å². The van der Waals surface area contributed by atoms with Crippen molar-refractivity contribution >= 4 is 5.96 Å². The second-order valence-electron chi connectivity index (χ2n) is 5.64. The Morgan fingerprint density at radius 3 is 2.82 bits per heavy atom. The van der Waals surface area contributed by atoms with Gasteiger partial charge in [-0.25, -0.2) is 0 Å².